The van der Waals surface area contributed by atoms with E-state index in [0.717, 1.165) is 5.56 Å². The minimum Gasteiger partial charge on any atom is -0.494 e. The molecule has 0 aliphatic rings. The van der Waals surface area contributed by atoms with Crippen LogP contribution in [0.2, 0.25) is 5.02 Å². The average molecular weight is 347 g/mol. The highest BCUT2D eigenvalue weighted by Crippen LogP contribution is 2.19. The number of rotatable bonds is 6. The maximum atomic E-state index is 12.0. The number of aryl methyl sites for hydroxylation is 1. The molecule has 0 radical (unpaired) electrons. The highest BCUT2D eigenvalue weighted by Gasteiger charge is 2.09. The molecule has 2 amide bonds. The SMILES string of the molecule is CCOc1ccc(C(=O)NCC(=O)Nc2cc(Cl)ccc2C)cc1. The minimum absolute atomic E-state index is 0.127. The first-order valence-corrected chi connectivity index (χ1v) is 7.94. The highest BCUT2D eigenvalue weighted by atomic mass is 35.5. The maximum absolute atomic E-state index is 12.0. The summed E-state index contributed by atoms with van der Waals surface area (Å²) in [5.74, 6) is 0.0545. The molecule has 2 aromatic rings. The van der Waals surface area contributed by atoms with E-state index in [-0.39, 0.29) is 18.4 Å². The third kappa shape index (κ3) is 4.99. The Kier molecular flexibility index (Phi) is 6.21. The van der Waals surface area contributed by atoms with Gasteiger partial charge in [0.1, 0.15) is 5.75 Å². The van der Waals surface area contributed by atoms with Crippen LogP contribution in [0.25, 0.3) is 0 Å². The number of amides is 2. The Labute approximate surface area is 146 Å². The fourth-order valence-corrected chi connectivity index (χ4v) is 2.23. The van der Waals surface area contributed by atoms with E-state index in [1.165, 1.54) is 0 Å². The Morgan fingerprint density at radius 2 is 1.83 bits per heavy atom. The number of benzene rings is 2. The Hall–Kier alpha value is -2.53. The quantitative estimate of drug-likeness (QED) is 0.842. The van der Waals surface area contributed by atoms with E-state index in [1.54, 1.807) is 36.4 Å². The van der Waals surface area contributed by atoms with E-state index in [9.17, 15) is 9.59 Å². The smallest absolute Gasteiger partial charge is 0.251 e. The molecule has 0 fully saturated rings. The lowest BCUT2D eigenvalue weighted by Crippen LogP contribution is -2.32. The number of hydrogen-bond acceptors (Lipinski definition) is 3. The van der Waals surface area contributed by atoms with E-state index in [2.05, 4.69) is 10.6 Å². The molecule has 0 atom stereocenters. The van der Waals surface area contributed by atoms with Gasteiger partial charge in [0.15, 0.2) is 0 Å². The zero-order valence-corrected chi connectivity index (χ0v) is 14.3. The predicted octanol–water partition coefficient (Wildman–Crippen LogP) is 3.42. The first kappa shape index (κ1) is 17.8. The van der Waals surface area contributed by atoms with Crippen molar-refractivity contribution in [1.29, 1.82) is 0 Å². The number of carbonyl (C=O) groups excluding carboxylic acids is 2. The molecule has 0 bridgehead atoms. The van der Waals surface area contributed by atoms with Gasteiger partial charge in [-0.1, -0.05) is 17.7 Å². The molecule has 126 valence electrons. The molecule has 0 saturated carbocycles. The lowest BCUT2D eigenvalue weighted by Gasteiger charge is -2.10. The predicted molar refractivity (Wildman–Crippen MR) is 94.8 cm³/mol. The van der Waals surface area contributed by atoms with Crippen LogP contribution in [-0.4, -0.2) is 25.0 Å². The molecule has 0 aromatic heterocycles. The highest BCUT2D eigenvalue weighted by molar-refractivity contribution is 6.31. The summed E-state index contributed by atoms with van der Waals surface area (Å²) in [4.78, 5) is 24.0. The van der Waals surface area contributed by atoms with Crippen LogP contribution in [0.15, 0.2) is 42.5 Å². The second-order valence-electron chi connectivity index (χ2n) is 5.15. The van der Waals surface area contributed by atoms with Crippen molar-refractivity contribution in [1.82, 2.24) is 5.32 Å². The van der Waals surface area contributed by atoms with Crippen LogP contribution in [0.4, 0.5) is 5.69 Å². The van der Waals surface area contributed by atoms with Gasteiger partial charge in [0.05, 0.1) is 13.2 Å². The van der Waals surface area contributed by atoms with Crippen LogP contribution < -0.4 is 15.4 Å². The fourth-order valence-electron chi connectivity index (χ4n) is 2.06. The average Bonchev–Trinajstić information content (AvgIpc) is 2.57. The van der Waals surface area contributed by atoms with E-state index in [4.69, 9.17) is 16.3 Å². The summed E-state index contributed by atoms with van der Waals surface area (Å²) in [7, 11) is 0. The fraction of sp³-hybridized carbons (Fsp3) is 0.222. The van der Waals surface area contributed by atoms with Gasteiger partial charge >= 0.3 is 0 Å². The molecular formula is C18H19ClN2O3. The Bertz CT molecular complexity index is 730. The molecule has 0 aliphatic carbocycles. The Balaban J connectivity index is 1.88. The molecule has 24 heavy (non-hydrogen) atoms. The van der Waals surface area contributed by atoms with Gasteiger partial charge in [0, 0.05) is 16.3 Å². The first-order chi connectivity index (χ1) is 11.5. The summed E-state index contributed by atoms with van der Waals surface area (Å²) in [6.45, 7) is 4.19. The molecule has 0 aliphatic heterocycles. The van der Waals surface area contributed by atoms with Gasteiger partial charge in [-0.05, 0) is 55.8 Å². The largest absolute Gasteiger partial charge is 0.494 e. The van der Waals surface area contributed by atoms with Crippen molar-refractivity contribution in [3.05, 3.63) is 58.6 Å². The van der Waals surface area contributed by atoms with Crippen LogP contribution in [0, 0.1) is 6.92 Å². The van der Waals surface area contributed by atoms with Gasteiger partial charge in [-0.25, -0.2) is 0 Å². The van der Waals surface area contributed by atoms with Crippen molar-refractivity contribution < 1.29 is 14.3 Å². The summed E-state index contributed by atoms with van der Waals surface area (Å²) >= 11 is 5.91. The van der Waals surface area contributed by atoms with Crippen molar-refractivity contribution in [2.75, 3.05) is 18.5 Å². The van der Waals surface area contributed by atoms with Crippen LogP contribution in [0.1, 0.15) is 22.8 Å². The van der Waals surface area contributed by atoms with Crippen LogP contribution in [0.5, 0.6) is 5.75 Å². The topological polar surface area (TPSA) is 67.4 Å². The molecular weight excluding hydrogens is 328 g/mol. The first-order valence-electron chi connectivity index (χ1n) is 7.56. The van der Waals surface area contributed by atoms with Crippen LogP contribution >= 0.6 is 11.6 Å². The number of anilines is 1. The molecule has 0 spiro atoms. The second kappa shape index (κ2) is 8.36. The summed E-state index contributed by atoms with van der Waals surface area (Å²) < 4.78 is 5.32. The van der Waals surface area contributed by atoms with Crippen molar-refractivity contribution >= 4 is 29.1 Å². The van der Waals surface area contributed by atoms with Gasteiger partial charge in [-0.2, -0.15) is 0 Å². The number of halogens is 1. The Morgan fingerprint density at radius 3 is 2.50 bits per heavy atom. The van der Waals surface area contributed by atoms with Gasteiger partial charge in [0.2, 0.25) is 5.91 Å². The summed E-state index contributed by atoms with van der Waals surface area (Å²) in [6, 6.07) is 12.0. The standard InChI is InChI=1S/C18H19ClN2O3/c1-3-24-15-8-5-13(6-9-15)18(23)20-11-17(22)21-16-10-14(19)7-4-12(16)2/h4-10H,3,11H2,1-2H3,(H,20,23)(H,21,22). The maximum Gasteiger partial charge on any atom is 0.251 e. The molecule has 5 nitrogen and oxygen atoms in total. The number of hydrogen-bond donors (Lipinski definition) is 2. The molecule has 6 heteroatoms. The van der Waals surface area contributed by atoms with E-state index in [1.807, 2.05) is 19.9 Å². The van der Waals surface area contributed by atoms with Crippen LogP contribution in [0.3, 0.4) is 0 Å². The van der Waals surface area contributed by atoms with Crippen LogP contribution in [-0.2, 0) is 4.79 Å². The lowest BCUT2D eigenvalue weighted by molar-refractivity contribution is -0.115. The van der Waals surface area contributed by atoms with Crippen molar-refractivity contribution in [3.63, 3.8) is 0 Å². The zero-order chi connectivity index (χ0) is 17.5. The summed E-state index contributed by atoms with van der Waals surface area (Å²) in [5.41, 5.74) is 1.98. The van der Waals surface area contributed by atoms with Gasteiger partial charge in [-0.15, -0.1) is 0 Å². The van der Waals surface area contributed by atoms with E-state index < -0.39 is 0 Å². The molecule has 2 aromatic carbocycles. The molecule has 2 rings (SSSR count). The normalized spacial score (nSPS) is 10.1. The van der Waals surface area contributed by atoms with Gasteiger partial charge in [-0.3, -0.25) is 9.59 Å². The molecule has 0 saturated heterocycles. The monoisotopic (exact) mass is 346 g/mol. The molecule has 0 heterocycles. The van der Waals surface area contributed by atoms with Crippen molar-refractivity contribution in [2.24, 2.45) is 0 Å². The lowest BCUT2D eigenvalue weighted by atomic mass is 10.2. The van der Waals surface area contributed by atoms with Crippen molar-refractivity contribution in [3.8, 4) is 5.75 Å². The van der Waals surface area contributed by atoms with E-state index >= 15 is 0 Å². The minimum atomic E-state index is -0.323. The van der Waals surface area contributed by atoms with Gasteiger partial charge < -0.3 is 15.4 Å². The summed E-state index contributed by atoms with van der Waals surface area (Å²) in [5, 5.41) is 5.84. The summed E-state index contributed by atoms with van der Waals surface area (Å²) in [6.07, 6.45) is 0. The number of ether oxygens (including phenoxy) is 1. The zero-order valence-electron chi connectivity index (χ0n) is 13.6. The third-order valence-corrected chi connectivity index (χ3v) is 3.55. The van der Waals surface area contributed by atoms with E-state index in [0.29, 0.717) is 28.6 Å². The second-order valence-corrected chi connectivity index (χ2v) is 5.58. The molecule has 0 unspecified atom stereocenters. The number of carbonyl (C=O) groups is 2. The third-order valence-electron chi connectivity index (χ3n) is 3.31. The van der Waals surface area contributed by atoms with Gasteiger partial charge in [0.25, 0.3) is 5.91 Å². The number of nitrogens with one attached hydrogen (secondary N) is 2. The van der Waals surface area contributed by atoms with Crippen molar-refractivity contribution in [2.45, 2.75) is 13.8 Å². The molecule has 2 N–H and O–H groups in total. The Morgan fingerprint density at radius 1 is 1.12 bits per heavy atom.